The third-order valence-corrected chi connectivity index (χ3v) is 5.73. The largest absolute Gasteiger partial charge is 0.401 e. The van der Waals surface area contributed by atoms with Crippen molar-refractivity contribution in [3.8, 4) is 0 Å². The highest BCUT2D eigenvalue weighted by Gasteiger charge is 2.34. The molecule has 2 fully saturated rings. The number of nitrogens with one attached hydrogen (secondary N) is 2. The SMILES string of the molecule is CCNC(=NCC(c1ccc(C)cc1)N1CCOCC1)NC1CCN(CC(F)(F)F)C1. The van der Waals surface area contributed by atoms with Crippen molar-refractivity contribution in [2.45, 2.75) is 38.5 Å². The van der Waals surface area contributed by atoms with Crippen molar-refractivity contribution in [2.24, 2.45) is 4.99 Å². The van der Waals surface area contributed by atoms with Gasteiger partial charge in [-0.2, -0.15) is 13.2 Å². The van der Waals surface area contributed by atoms with Gasteiger partial charge in [-0.05, 0) is 25.8 Å². The number of benzene rings is 1. The van der Waals surface area contributed by atoms with Crippen LogP contribution in [0, 0.1) is 6.92 Å². The normalized spacial score (nSPS) is 22.5. The number of hydrogen-bond donors (Lipinski definition) is 2. The average Bonchev–Trinajstić information content (AvgIpc) is 3.15. The highest BCUT2D eigenvalue weighted by Crippen LogP contribution is 2.23. The maximum atomic E-state index is 12.7. The van der Waals surface area contributed by atoms with E-state index in [4.69, 9.17) is 9.73 Å². The molecule has 1 aromatic rings. The van der Waals surface area contributed by atoms with Crippen LogP contribution in [0.1, 0.15) is 30.5 Å². The van der Waals surface area contributed by atoms with Crippen molar-refractivity contribution in [1.82, 2.24) is 20.4 Å². The molecule has 31 heavy (non-hydrogen) atoms. The Hall–Kier alpha value is -1.84. The Kier molecular flexibility index (Phi) is 8.57. The first kappa shape index (κ1) is 23.8. The van der Waals surface area contributed by atoms with E-state index in [1.54, 1.807) is 0 Å². The lowest BCUT2D eigenvalue weighted by Gasteiger charge is -2.34. The zero-order valence-electron chi connectivity index (χ0n) is 18.4. The second-order valence-corrected chi connectivity index (χ2v) is 8.27. The van der Waals surface area contributed by atoms with Gasteiger partial charge in [0.25, 0.3) is 0 Å². The Morgan fingerprint density at radius 1 is 1.19 bits per heavy atom. The summed E-state index contributed by atoms with van der Waals surface area (Å²) in [6.07, 6.45) is -3.49. The van der Waals surface area contributed by atoms with Crippen LogP contribution in [0.2, 0.25) is 0 Å². The van der Waals surface area contributed by atoms with E-state index in [1.165, 1.54) is 16.0 Å². The molecule has 0 bridgehead atoms. The molecule has 3 rings (SSSR count). The predicted molar refractivity (Wildman–Crippen MR) is 116 cm³/mol. The number of halogens is 3. The smallest absolute Gasteiger partial charge is 0.379 e. The minimum absolute atomic E-state index is 0.0404. The van der Waals surface area contributed by atoms with Crippen LogP contribution in [0.15, 0.2) is 29.3 Å². The Bertz CT molecular complexity index is 704. The van der Waals surface area contributed by atoms with Gasteiger partial charge in [-0.15, -0.1) is 0 Å². The van der Waals surface area contributed by atoms with Gasteiger partial charge in [0.1, 0.15) is 0 Å². The molecule has 2 saturated heterocycles. The second-order valence-electron chi connectivity index (χ2n) is 8.27. The van der Waals surface area contributed by atoms with Gasteiger partial charge in [0, 0.05) is 38.8 Å². The molecule has 0 spiro atoms. The molecular weight excluding hydrogens is 407 g/mol. The molecule has 2 atom stereocenters. The van der Waals surface area contributed by atoms with Crippen LogP contribution < -0.4 is 10.6 Å². The van der Waals surface area contributed by atoms with Crippen molar-refractivity contribution >= 4 is 5.96 Å². The molecule has 2 heterocycles. The number of alkyl halides is 3. The van der Waals surface area contributed by atoms with E-state index in [0.717, 1.165) is 13.1 Å². The van der Waals surface area contributed by atoms with E-state index < -0.39 is 12.7 Å². The summed E-state index contributed by atoms with van der Waals surface area (Å²) in [5.74, 6) is 0.659. The number of likely N-dealkylation sites (tertiary alicyclic amines) is 1. The van der Waals surface area contributed by atoms with Crippen LogP contribution in [-0.4, -0.2) is 87.0 Å². The average molecular weight is 442 g/mol. The maximum absolute atomic E-state index is 12.7. The number of hydrogen-bond acceptors (Lipinski definition) is 4. The van der Waals surface area contributed by atoms with Gasteiger partial charge in [0.05, 0.1) is 32.3 Å². The van der Waals surface area contributed by atoms with Crippen molar-refractivity contribution in [3.05, 3.63) is 35.4 Å². The van der Waals surface area contributed by atoms with Crippen LogP contribution in [0.3, 0.4) is 0 Å². The molecule has 174 valence electrons. The fourth-order valence-electron chi connectivity index (χ4n) is 4.15. The van der Waals surface area contributed by atoms with Gasteiger partial charge in [0.2, 0.25) is 0 Å². The molecule has 0 saturated carbocycles. The monoisotopic (exact) mass is 441 g/mol. The number of rotatable bonds is 7. The first-order valence-corrected chi connectivity index (χ1v) is 11.1. The summed E-state index contributed by atoms with van der Waals surface area (Å²) < 4.78 is 43.6. The summed E-state index contributed by atoms with van der Waals surface area (Å²) >= 11 is 0. The van der Waals surface area contributed by atoms with Crippen LogP contribution in [0.5, 0.6) is 0 Å². The van der Waals surface area contributed by atoms with Crippen LogP contribution in [0.25, 0.3) is 0 Å². The maximum Gasteiger partial charge on any atom is 0.401 e. The lowest BCUT2D eigenvalue weighted by Crippen LogP contribution is -2.46. The van der Waals surface area contributed by atoms with Crippen molar-refractivity contribution in [1.29, 1.82) is 0 Å². The zero-order chi connectivity index (χ0) is 22.3. The van der Waals surface area contributed by atoms with Crippen molar-refractivity contribution < 1.29 is 17.9 Å². The molecule has 0 radical (unpaired) electrons. The first-order chi connectivity index (χ1) is 14.8. The third kappa shape index (κ3) is 7.66. The molecule has 0 amide bonds. The summed E-state index contributed by atoms with van der Waals surface area (Å²) in [4.78, 5) is 8.66. The lowest BCUT2D eigenvalue weighted by atomic mass is 10.0. The molecule has 0 aliphatic carbocycles. The Morgan fingerprint density at radius 2 is 1.90 bits per heavy atom. The molecule has 1 aromatic carbocycles. The fourth-order valence-corrected chi connectivity index (χ4v) is 4.15. The number of morpholine rings is 1. The Balaban J connectivity index is 1.66. The van der Waals surface area contributed by atoms with E-state index in [1.807, 2.05) is 6.92 Å². The van der Waals surface area contributed by atoms with Crippen LogP contribution in [0.4, 0.5) is 13.2 Å². The van der Waals surface area contributed by atoms with Crippen molar-refractivity contribution in [2.75, 3.05) is 59.0 Å². The summed E-state index contributed by atoms with van der Waals surface area (Å²) in [6.45, 7) is 8.40. The number of ether oxygens (including phenoxy) is 1. The summed E-state index contributed by atoms with van der Waals surface area (Å²) in [7, 11) is 0. The minimum atomic E-state index is -4.16. The van der Waals surface area contributed by atoms with E-state index >= 15 is 0 Å². The molecule has 2 aliphatic rings. The van der Waals surface area contributed by atoms with Gasteiger partial charge in [-0.1, -0.05) is 29.8 Å². The van der Waals surface area contributed by atoms with E-state index in [-0.39, 0.29) is 12.1 Å². The zero-order valence-corrected chi connectivity index (χ0v) is 18.4. The van der Waals surface area contributed by atoms with Gasteiger partial charge >= 0.3 is 6.18 Å². The van der Waals surface area contributed by atoms with Gasteiger partial charge < -0.3 is 15.4 Å². The summed E-state index contributed by atoms with van der Waals surface area (Å²) in [5, 5.41) is 6.58. The quantitative estimate of drug-likeness (QED) is 0.503. The molecule has 9 heteroatoms. The minimum Gasteiger partial charge on any atom is -0.379 e. The second kappa shape index (κ2) is 11.2. The number of nitrogens with zero attached hydrogens (tertiary/aromatic N) is 3. The third-order valence-electron chi connectivity index (χ3n) is 5.73. The highest BCUT2D eigenvalue weighted by molar-refractivity contribution is 5.80. The summed E-state index contributed by atoms with van der Waals surface area (Å²) in [6, 6.07) is 8.62. The lowest BCUT2D eigenvalue weighted by molar-refractivity contribution is -0.143. The van der Waals surface area contributed by atoms with Crippen LogP contribution in [-0.2, 0) is 4.74 Å². The topological polar surface area (TPSA) is 52.1 Å². The number of aryl methyl sites for hydroxylation is 1. The molecule has 2 N–H and O–H groups in total. The summed E-state index contributed by atoms with van der Waals surface area (Å²) in [5.41, 5.74) is 2.43. The molecule has 2 unspecified atom stereocenters. The molecular formula is C22H34F3N5O. The molecule has 6 nitrogen and oxygen atoms in total. The van der Waals surface area contributed by atoms with Gasteiger partial charge in [-0.3, -0.25) is 14.8 Å². The highest BCUT2D eigenvalue weighted by atomic mass is 19.4. The number of guanidine groups is 1. The molecule has 2 aliphatic heterocycles. The van der Waals surface area contributed by atoms with Gasteiger partial charge in [0.15, 0.2) is 5.96 Å². The molecule has 0 aromatic heterocycles. The van der Waals surface area contributed by atoms with E-state index in [0.29, 0.717) is 51.8 Å². The Labute approximate surface area is 182 Å². The van der Waals surface area contributed by atoms with Gasteiger partial charge in [-0.25, -0.2) is 0 Å². The predicted octanol–water partition coefficient (Wildman–Crippen LogP) is 2.56. The van der Waals surface area contributed by atoms with E-state index in [2.05, 4.69) is 46.7 Å². The standard InChI is InChI=1S/C22H34F3N5O/c1-3-26-21(28-19-8-9-29(15-19)16-22(23,24)25)27-14-20(30-10-12-31-13-11-30)18-6-4-17(2)5-7-18/h4-7,19-20H,3,8-16H2,1-2H3,(H2,26,27,28). The van der Waals surface area contributed by atoms with Crippen molar-refractivity contribution in [3.63, 3.8) is 0 Å². The fraction of sp³-hybridized carbons (Fsp3) is 0.682. The first-order valence-electron chi connectivity index (χ1n) is 11.1. The van der Waals surface area contributed by atoms with Crippen LogP contribution >= 0.6 is 0 Å². The number of aliphatic imine (C=N–C) groups is 1. The Morgan fingerprint density at radius 3 is 2.55 bits per heavy atom. The van der Waals surface area contributed by atoms with E-state index in [9.17, 15) is 13.2 Å².